The summed E-state index contributed by atoms with van der Waals surface area (Å²) in [6.07, 6.45) is 3.48. The van der Waals surface area contributed by atoms with Gasteiger partial charge in [0.25, 0.3) is 0 Å². The van der Waals surface area contributed by atoms with Gasteiger partial charge in [0.2, 0.25) is 6.79 Å². The van der Waals surface area contributed by atoms with Crippen LogP contribution in [0.15, 0.2) is 30.3 Å². The van der Waals surface area contributed by atoms with Crippen LogP contribution in [0.1, 0.15) is 48.8 Å². The first-order valence-electron chi connectivity index (χ1n) is 9.69. The number of hydrogen-bond acceptors (Lipinski definition) is 3. The van der Waals surface area contributed by atoms with Gasteiger partial charge in [-0.25, -0.2) is 8.78 Å². The van der Waals surface area contributed by atoms with Gasteiger partial charge in [-0.2, -0.15) is 0 Å². The van der Waals surface area contributed by atoms with Gasteiger partial charge < -0.3 is 9.47 Å². The molecule has 2 aromatic rings. The Morgan fingerprint density at radius 1 is 1.07 bits per heavy atom. The van der Waals surface area contributed by atoms with Gasteiger partial charge in [-0.15, -0.1) is 12.4 Å². The molecule has 28 heavy (non-hydrogen) atoms. The monoisotopic (exact) mass is 407 g/mol. The molecule has 2 atom stereocenters. The molecule has 1 fully saturated rings. The summed E-state index contributed by atoms with van der Waals surface area (Å²) in [5.41, 5.74) is 1.77. The molecule has 3 aliphatic rings. The van der Waals surface area contributed by atoms with E-state index in [0.29, 0.717) is 35.5 Å². The lowest BCUT2D eigenvalue weighted by Crippen LogP contribution is -2.47. The maximum absolute atomic E-state index is 15.2. The third-order valence-corrected chi connectivity index (χ3v) is 6.50. The summed E-state index contributed by atoms with van der Waals surface area (Å²) >= 11 is 0. The number of ether oxygens (including phenoxy) is 2. The molecule has 5 rings (SSSR count). The molecule has 0 bridgehead atoms. The first-order valence-corrected chi connectivity index (χ1v) is 9.69. The van der Waals surface area contributed by atoms with Crippen LogP contribution in [0, 0.1) is 11.6 Å². The molecule has 0 saturated carbocycles. The molecule has 2 unspecified atom stereocenters. The molecule has 3 nitrogen and oxygen atoms in total. The Morgan fingerprint density at radius 2 is 1.82 bits per heavy atom. The van der Waals surface area contributed by atoms with E-state index in [1.807, 2.05) is 12.1 Å². The standard InChI is InChI=1S/C22H23F2NO2.ClH/c1-22(25-8-4-5-9-25)12-14(15-6-2-3-7-17(15)23)10-16-20(22)18(24)11-19-21(16)27-13-26-19;/h2-3,6-7,11,14H,4-5,8-10,12-13H2,1H3;1H. The summed E-state index contributed by atoms with van der Waals surface area (Å²) in [7, 11) is 0. The van der Waals surface area contributed by atoms with Crippen molar-refractivity contribution in [3.63, 3.8) is 0 Å². The highest BCUT2D eigenvalue weighted by Gasteiger charge is 2.46. The number of fused-ring (bicyclic) bond motifs is 3. The van der Waals surface area contributed by atoms with Crippen LogP contribution in [0.4, 0.5) is 8.78 Å². The van der Waals surface area contributed by atoms with E-state index in [2.05, 4.69) is 11.8 Å². The molecular weight excluding hydrogens is 384 g/mol. The minimum Gasteiger partial charge on any atom is -0.453 e. The summed E-state index contributed by atoms with van der Waals surface area (Å²) in [4.78, 5) is 2.37. The fourth-order valence-corrected chi connectivity index (χ4v) is 5.28. The normalized spacial score (nSPS) is 26.0. The molecule has 0 radical (unpaired) electrons. The third-order valence-electron chi connectivity index (χ3n) is 6.50. The molecule has 0 aromatic heterocycles. The van der Waals surface area contributed by atoms with Crippen molar-refractivity contribution in [2.45, 2.75) is 44.1 Å². The first kappa shape index (κ1) is 19.5. The van der Waals surface area contributed by atoms with Gasteiger partial charge in [-0.3, -0.25) is 4.90 Å². The molecular formula is C22H24ClF2NO2. The third kappa shape index (κ3) is 2.87. The summed E-state index contributed by atoms with van der Waals surface area (Å²) in [5, 5.41) is 0. The molecule has 0 spiro atoms. The van der Waals surface area contributed by atoms with Crippen molar-refractivity contribution in [1.82, 2.24) is 4.90 Å². The van der Waals surface area contributed by atoms with Crippen LogP contribution in [0.5, 0.6) is 11.5 Å². The zero-order valence-corrected chi connectivity index (χ0v) is 16.7. The lowest BCUT2D eigenvalue weighted by Gasteiger charge is -2.46. The van der Waals surface area contributed by atoms with Crippen molar-refractivity contribution in [3.05, 3.63) is 58.7 Å². The highest BCUT2D eigenvalue weighted by molar-refractivity contribution is 5.85. The lowest BCUT2D eigenvalue weighted by molar-refractivity contribution is 0.0990. The molecule has 2 heterocycles. The summed E-state index contributed by atoms with van der Waals surface area (Å²) < 4.78 is 41.0. The average molecular weight is 408 g/mol. The predicted octanol–water partition coefficient (Wildman–Crippen LogP) is 5.16. The Kier molecular flexibility index (Phi) is 5.00. The topological polar surface area (TPSA) is 21.7 Å². The van der Waals surface area contributed by atoms with Crippen molar-refractivity contribution in [3.8, 4) is 11.5 Å². The second-order valence-electron chi connectivity index (χ2n) is 8.04. The SMILES string of the molecule is CC1(N2CCCC2)CC(c2ccccc2F)Cc2c3c(cc(F)c21)OCO3.Cl. The number of rotatable bonds is 2. The van der Waals surface area contributed by atoms with Crippen molar-refractivity contribution < 1.29 is 18.3 Å². The molecule has 1 aliphatic carbocycles. The Balaban J connectivity index is 0.00000192. The van der Waals surface area contributed by atoms with Gasteiger partial charge >= 0.3 is 0 Å². The van der Waals surface area contributed by atoms with Crippen LogP contribution in [0.2, 0.25) is 0 Å². The van der Waals surface area contributed by atoms with Gasteiger partial charge in [-0.1, -0.05) is 18.2 Å². The number of nitrogens with zero attached hydrogens (tertiary/aromatic N) is 1. The van der Waals surface area contributed by atoms with E-state index in [4.69, 9.17) is 9.47 Å². The summed E-state index contributed by atoms with van der Waals surface area (Å²) in [5.74, 6) is 0.636. The predicted molar refractivity (Wildman–Crippen MR) is 105 cm³/mol. The summed E-state index contributed by atoms with van der Waals surface area (Å²) in [6, 6.07) is 8.40. The largest absolute Gasteiger partial charge is 0.453 e. The van der Waals surface area contributed by atoms with Crippen LogP contribution >= 0.6 is 12.4 Å². The maximum Gasteiger partial charge on any atom is 0.231 e. The van der Waals surface area contributed by atoms with Crippen molar-refractivity contribution in [1.29, 1.82) is 0 Å². The van der Waals surface area contributed by atoms with Gasteiger partial charge in [0.1, 0.15) is 11.6 Å². The highest BCUT2D eigenvalue weighted by atomic mass is 35.5. The molecule has 0 N–H and O–H groups in total. The molecule has 2 aromatic carbocycles. The van der Waals surface area contributed by atoms with E-state index >= 15 is 4.39 Å². The van der Waals surface area contributed by atoms with E-state index in [0.717, 1.165) is 31.5 Å². The van der Waals surface area contributed by atoms with E-state index < -0.39 is 5.54 Å². The maximum atomic E-state index is 15.2. The van der Waals surface area contributed by atoms with Crippen LogP contribution < -0.4 is 9.47 Å². The van der Waals surface area contributed by atoms with Crippen LogP contribution in [0.25, 0.3) is 0 Å². The average Bonchev–Trinajstić information content (AvgIpc) is 3.33. The molecule has 150 valence electrons. The zero-order valence-electron chi connectivity index (χ0n) is 15.8. The number of halogens is 3. The minimum atomic E-state index is -0.484. The zero-order chi connectivity index (χ0) is 18.6. The van der Waals surface area contributed by atoms with Crippen molar-refractivity contribution in [2.24, 2.45) is 0 Å². The van der Waals surface area contributed by atoms with Gasteiger partial charge in [0.05, 0.1) is 0 Å². The minimum absolute atomic E-state index is 0. The second-order valence-corrected chi connectivity index (χ2v) is 8.04. The van der Waals surface area contributed by atoms with E-state index in [-0.39, 0.29) is 36.8 Å². The quantitative estimate of drug-likeness (QED) is 0.686. The van der Waals surface area contributed by atoms with Crippen LogP contribution in [0.3, 0.4) is 0 Å². The highest BCUT2D eigenvalue weighted by Crippen LogP contribution is 2.53. The molecule has 1 saturated heterocycles. The molecule has 6 heteroatoms. The smallest absolute Gasteiger partial charge is 0.231 e. The van der Waals surface area contributed by atoms with Crippen molar-refractivity contribution >= 4 is 12.4 Å². The van der Waals surface area contributed by atoms with Gasteiger partial charge in [0.15, 0.2) is 11.5 Å². The lowest BCUT2D eigenvalue weighted by atomic mass is 9.69. The Hall–Kier alpha value is -1.85. The fraction of sp³-hybridized carbons (Fsp3) is 0.455. The number of hydrogen-bond donors (Lipinski definition) is 0. The molecule has 0 amide bonds. The van der Waals surface area contributed by atoms with E-state index in [1.165, 1.54) is 12.1 Å². The Bertz CT molecular complexity index is 900. The van der Waals surface area contributed by atoms with Crippen LogP contribution in [-0.4, -0.2) is 24.8 Å². The fourth-order valence-electron chi connectivity index (χ4n) is 5.28. The van der Waals surface area contributed by atoms with Crippen molar-refractivity contribution in [2.75, 3.05) is 19.9 Å². The second kappa shape index (κ2) is 7.20. The van der Waals surface area contributed by atoms with Gasteiger partial charge in [-0.05, 0) is 63.2 Å². The molecule has 2 aliphatic heterocycles. The Morgan fingerprint density at radius 3 is 2.57 bits per heavy atom. The Labute approximate surface area is 170 Å². The first-order chi connectivity index (χ1) is 13.1. The van der Waals surface area contributed by atoms with E-state index in [1.54, 1.807) is 6.07 Å². The number of likely N-dealkylation sites (tertiary alicyclic amines) is 1. The van der Waals surface area contributed by atoms with Crippen LogP contribution in [-0.2, 0) is 12.0 Å². The van der Waals surface area contributed by atoms with E-state index in [9.17, 15) is 4.39 Å². The van der Waals surface area contributed by atoms with Gasteiger partial charge in [0, 0.05) is 22.7 Å². The number of benzene rings is 2. The summed E-state index contributed by atoms with van der Waals surface area (Å²) in [6.45, 7) is 4.09.